The van der Waals surface area contributed by atoms with E-state index < -0.39 is 15.8 Å². The fourth-order valence-electron chi connectivity index (χ4n) is 2.09. The van der Waals surface area contributed by atoms with Gasteiger partial charge in [-0.2, -0.15) is 0 Å². The highest BCUT2D eigenvalue weighted by Gasteiger charge is 2.21. The van der Waals surface area contributed by atoms with Crippen molar-refractivity contribution in [2.24, 2.45) is 7.05 Å². The molecule has 2 heterocycles. The number of nitrogens with one attached hydrogen (secondary N) is 1. The van der Waals surface area contributed by atoms with Gasteiger partial charge in [-0.3, -0.25) is 9.55 Å². The molecule has 7 nitrogen and oxygen atoms in total. The van der Waals surface area contributed by atoms with E-state index in [0.717, 1.165) is 0 Å². The highest BCUT2D eigenvalue weighted by atomic mass is 35.5. The van der Waals surface area contributed by atoms with Gasteiger partial charge in [0.05, 0.1) is 10.5 Å². The summed E-state index contributed by atoms with van der Waals surface area (Å²) in [6.07, 6.45) is 3.16. The minimum absolute atomic E-state index is 0.00702. The van der Waals surface area contributed by atoms with E-state index in [2.05, 4.69) is 9.71 Å². The topological polar surface area (TPSA) is 94.2 Å². The molecule has 1 N–H and O–H groups in total. The Morgan fingerprint density at radius 1 is 1.39 bits per heavy atom. The van der Waals surface area contributed by atoms with E-state index in [1.54, 1.807) is 24.5 Å². The molecule has 0 unspecified atom stereocenters. The third-order valence-corrected chi connectivity index (χ3v) is 5.19. The van der Waals surface area contributed by atoms with Crippen molar-refractivity contribution in [1.82, 2.24) is 14.3 Å². The van der Waals surface area contributed by atoms with Gasteiger partial charge in [0.2, 0.25) is 10.0 Å². The summed E-state index contributed by atoms with van der Waals surface area (Å²) in [6.45, 7) is 0.0727. The number of rotatable bonds is 4. The van der Waals surface area contributed by atoms with Crippen molar-refractivity contribution in [1.29, 1.82) is 0 Å². The third-order valence-electron chi connectivity index (χ3n) is 3.32. The largest absolute Gasteiger partial charge is 0.419 e. The Hall–Kier alpha value is -2.16. The second-order valence-electron chi connectivity index (χ2n) is 4.86. The number of hydrogen-bond donors (Lipinski definition) is 1. The fraction of sp³-hybridized carbons (Fsp3) is 0.143. The maximum Gasteiger partial charge on any atom is 0.419 e. The first kappa shape index (κ1) is 15.7. The highest BCUT2D eigenvalue weighted by Crippen LogP contribution is 2.27. The zero-order valence-electron chi connectivity index (χ0n) is 12.0. The van der Waals surface area contributed by atoms with Crippen LogP contribution in [0.1, 0.15) is 5.56 Å². The molecule has 23 heavy (non-hydrogen) atoms. The maximum atomic E-state index is 12.4. The van der Waals surface area contributed by atoms with Gasteiger partial charge < -0.3 is 4.42 Å². The van der Waals surface area contributed by atoms with Crippen molar-refractivity contribution < 1.29 is 12.8 Å². The van der Waals surface area contributed by atoms with Crippen LogP contribution in [0.25, 0.3) is 11.1 Å². The van der Waals surface area contributed by atoms with Crippen LogP contribution >= 0.6 is 11.6 Å². The second-order valence-corrected chi connectivity index (χ2v) is 7.01. The highest BCUT2D eigenvalue weighted by molar-refractivity contribution is 7.89. The lowest BCUT2D eigenvalue weighted by molar-refractivity contribution is 0.527. The lowest BCUT2D eigenvalue weighted by Crippen LogP contribution is -2.23. The van der Waals surface area contributed by atoms with Crippen molar-refractivity contribution in [3.63, 3.8) is 0 Å². The van der Waals surface area contributed by atoms with Crippen LogP contribution < -0.4 is 10.5 Å². The summed E-state index contributed by atoms with van der Waals surface area (Å²) in [5, 5.41) is 0.00702. The molecule has 0 atom stereocenters. The number of pyridine rings is 1. The summed E-state index contributed by atoms with van der Waals surface area (Å²) < 4.78 is 33.5. The molecular formula is C14H12ClN3O4S. The number of sulfonamides is 1. The lowest BCUT2D eigenvalue weighted by atomic mass is 10.3. The van der Waals surface area contributed by atoms with E-state index in [9.17, 15) is 13.2 Å². The van der Waals surface area contributed by atoms with Crippen molar-refractivity contribution in [2.45, 2.75) is 11.4 Å². The SMILES string of the molecule is Cn1c(=O)oc2cc(S(=O)(=O)NCc3cccnc3)c(Cl)cc21. The van der Waals surface area contributed by atoms with Crippen LogP contribution in [0.3, 0.4) is 0 Å². The molecule has 0 amide bonds. The van der Waals surface area contributed by atoms with Crippen molar-refractivity contribution in [2.75, 3.05) is 0 Å². The number of oxazole rings is 1. The van der Waals surface area contributed by atoms with Crippen LogP contribution in [-0.2, 0) is 23.6 Å². The molecule has 0 aliphatic rings. The van der Waals surface area contributed by atoms with Gasteiger partial charge in [-0.1, -0.05) is 17.7 Å². The van der Waals surface area contributed by atoms with E-state index in [1.165, 1.54) is 23.7 Å². The first-order valence-corrected chi connectivity index (χ1v) is 8.42. The predicted molar refractivity (Wildman–Crippen MR) is 84.7 cm³/mol. The number of aryl methyl sites for hydroxylation is 1. The lowest BCUT2D eigenvalue weighted by Gasteiger charge is -2.08. The number of nitrogens with zero attached hydrogens (tertiary/aromatic N) is 2. The summed E-state index contributed by atoms with van der Waals surface area (Å²) in [5.41, 5.74) is 1.29. The van der Waals surface area contributed by atoms with Crippen LogP contribution in [0.4, 0.5) is 0 Å². The van der Waals surface area contributed by atoms with Crippen molar-refractivity contribution in [3.8, 4) is 0 Å². The number of hydrogen-bond acceptors (Lipinski definition) is 5. The summed E-state index contributed by atoms with van der Waals surface area (Å²) in [5.74, 6) is -0.589. The molecule has 1 aromatic carbocycles. The van der Waals surface area contributed by atoms with Gasteiger partial charge in [0, 0.05) is 32.1 Å². The minimum atomic E-state index is -3.87. The number of halogens is 1. The molecule has 120 valence electrons. The van der Waals surface area contributed by atoms with Gasteiger partial charge in [-0.05, 0) is 17.7 Å². The quantitative estimate of drug-likeness (QED) is 0.769. The molecule has 0 spiro atoms. The van der Waals surface area contributed by atoms with Crippen LogP contribution in [0.2, 0.25) is 5.02 Å². The molecule has 3 aromatic rings. The molecule has 0 fully saturated rings. The normalized spacial score (nSPS) is 11.9. The average molecular weight is 354 g/mol. The first-order chi connectivity index (χ1) is 10.9. The molecule has 0 saturated carbocycles. The number of aromatic nitrogens is 2. The number of benzene rings is 1. The van der Waals surface area contributed by atoms with Gasteiger partial charge >= 0.3 is 5.76 Å². The maximum absolute atomic E-state index is 12.4. The Bertz CT molecular complexity index is 1030. The molecule has 3 rings (SSSR count). The minimum Gasteiger partial charge on any atom is -0.408 e. The zero-order chi connectivity index (χ0) is 16.6. The molecular weight excluding hydrogens is 342 g/mol. The molecule has 0 aliphatic heterocycles. The van der Waals surface area contributed by atoms with Gasteiger partial charge in [-0.15, -0.1) is 0 Å². The monoisotopic (exact) mass is 353 g/mol. The van der Waals surface area contributed by atoms with Crippen LogP contribution in [0.5, 0.6) is 0 Å². The van der Waals surface area contributed by atoms with E-state index in [4.69, 9.17) is 16.0 Å². The van der Waals surface area contributed by atoms with Crippen LogP contribution in [-0.4, -0.2) is 18.0 Å². The fourth-order valence-corrected chi connectivity index (χ4v) is 3.65. The Labute approximate surface area is 136 Å². The molecule has 9 heteroatoms. The zero-order valence-corrected chi connectivity index (χ0v) is 13.6. The second kappa shape index (κ2) is 5.80. The summed E-state index contributed by atoms with van der Waals surface area (Å²) in [4.78, 5) is 15.3. The van der Waals surface area contributed by atoms with Gasteiger partial charge in [0.1, 0.15) is 4.90 Å². The number of fused-ring (bicyclic) bond motifs is 1. The Morgan fingerprint density at radius 2 is 2.17 bits per heavy atom. The molecule has 2 aromatic heterocycles. The van der Waals surface area contributed by atoms with Gasteiger partial charge in [-0.25, -0.2) is 17.9 Å². The van der Waals surface area contributed by atoms with E-state index in [1.807, 2.05) is 0 Å². The predicted octanol–water partition coefficient (Wildman–Crippen LogP) is 1.66. The Kier molecular flexibility index (Phi) is 3.97. The summed E-state index contributed by atoms with van der Waals surface area (Å²) in [6, 6.07) is 6.09. The average Bonchev–Trinajstić information content (AvgIpc) is 2.80. The van der Waals surface area contributed by atoms with E-state index >= 15 is 0 Å². The van der Waals surface area contributed by atoms with Crippen molar-refractivity contribution in [3.05, 3.63) is 57.8 Å². The standard InChI is InChI=1S/C14H12ClN3O4S/c1-18-11-5-10(15)13(6-12(11)22-14(18)19)23(20,21)17-8-9-3-2-4-16-7-9/h2-7,17H,8H2,1H3. The Balaban J connectivity index is 1.97. The van der Waals surface area contributed by atoms with Gasteiger partial charge in [0.15, 0.2) is 5.58 Å². The van der Waals surface area contributed by atoms with E-state index in [-0.39, 0.29) is 22.0 Å². The van der Waals surface area contributed by atoms with E-state index in [0.29, 0.717) is 11.1 Å². The molecule has 0 radical (unpaired) electrons. The van der Waals surface area contributed by atoms with Crippen LogP contribution in [0.15, 0.2) is 50.8 Å². The Morgan fingerprint density at radius 3 is 2.87 bits per heavy atom. The smallest absolute Gasteiger partial charge is 0.408 e. The first-order valence-electron chi connectivity index (χ1n) is 6.56. The third kappa shape index (κ3) is 3.00. The van der Waals surface area contributed by atoms with Crippen molar-refractivity contribution >= 4 is 32.7 Å². The molecule has 0 bridgehead atoms. The van der Waals surface area contributed by atoms with Crippen LogP contribution in [0, 0.1) is 0 Å². The summed E-state index contributed by atoms with van der Waals surface area (Å²) in [7, 11) is -2.35. The van der Waals surface area contributed by atoms with Gasteiger partial charge in [0.25, 0.3) is 0 Å². The summed E-state index contributed by atoms with van der Waals surface area (Å²) >= 11 is 6.06. The molecule has 0 aliphatic carbocycles. The molecule has 0 saturated heterocycles.